The highest BCUT2D eigenvalue weighted by Gasteiger charge is 2.08. The Morgan fingerprint density at radius 1 is 0.643 bits per heavy atom. The third kappa shape index (κ3) is 21.7. The van der Waals surface area contributed by atoms with Gasteiger partial charge < -0.3 is 14.2 Å². The summed E-state index contributed by atoms with van der Waals surface area (Å²) in [6, 6.07) is 0. The molecule has 0 fully saturated rings. The summed E-state index contributed by atoms with van der Waals surface area (Å²) in [5.41, 5.74) is 0. The van der Waals surface area contributed by atoms with Crippen LogP contribution in [-0.2, 0) is 19.0 Å². The number of ether oxygens (including phenoxy) is 3. The van der Waals surface area contributed by atoms with Gasteiger partial charge in [-0.05, 0) is 32.6 Å². The van der Waals surface area contributed by atoms with Crippen molar-refractivity contribution in [1.82, 2.24) is 0 Å². The summed E-state index contributed by atoms with van der Waals surface area (Å²) in [6.45, 7) is 9.12. The van der Waals surface area contributed by atoms with Crippen molar-refractivity contribution in [3.63, 3.8) is 0 Å². The first-order valence-electron chi connectivity index (χ1n) is 12.1. The maximum Gasteiger partial charge on any atom is 0.306 e. The van der Waals surface area contributed by atoms with E-state index in [0.29, 0.717) is 26.2 Å². The lowest BCUT2D eigenvalue weighted by Crippen LogP contribution is -2.15. The lowest BCUT2D eigenvalue weighted by Gasteiger charge is -2.13. The van der Waals surface area contributed by atoms with E-state index in [-0.39, 0.29) is 12.1 Å². The van der Waals surface area contributed by atoms with Crippen LogP contribution in [0.5, 0.6) is 0 Å². The minimum atomic E-state index is -0.103. The van der Waals surface area contributed by atoms with Crippen LogP contribution in [0, 0.1) is 0 Å². The van der Waals surface area contributed by atoms with Gasteiger partial charge in [-0.25, -0.2) is 0 Å². The zero-order valence-corrected chi connectivity index (χ0v) is 19.1. The molecule has 28 heavy (non-hydrogen) atoms. The molecule has 168 valence electrons. The molecule has 0 amide bonds. The Labute approximate surface area is 175 Å². The van der Waals surface area contributed by atoms with E-state index in [4.69, 9.17) is 14.2 Å². The maximum absolute atomic E-state index is 11.7. The molecule has 0 heterocycles. The normalized spacial score (nSPS) is 12.2. The zero-order valence-electron chi connectivity index (χ0n) is 19.1. The van der Waals surface area contributed by atoms with Crippen LogP contribution in [0.2, 0.25) is 0 Å². The summed E-state index contributed by atoms with van der Waals surface area (Å²) in [5.74, 6) is -0.103. The predicted octanol–water partition coefficient (Wildman–Crippen LogP) is 6.84. The Bertz CT molecular complexity index is 320. The molecule has 0 saturated heterocycles. The second-order valence-corrected chi connectivity index (χ2v) is 7.95. The van der Waals surface area contributed by atoms with Crippen LogP contribution >= 0.6 is 0 Å². The van der Waals surface area contributed by atoms with Gasteiger partial charge in [0.25, 0.3) is 0 Å². The van der Waals surface area contributed by atoms with Crippen molar-refractivity contribution >= 4 is 5.97 Å². The highest BCUT2D eigenvalue weighted by Crippen LogP contribution is 2.10. The van der Waals surface area contributed by atoms with E-state index < -0.39 is 0 Å². The van der Waals surface area contributed by atoms with Crippen molar-refractivity contribution in [2.45, 2.75) is 123 Å². The SMILES string of the molecule is CCCCCCCCCCCOCCOCCCC(=O)OC(C)CCCCC. The third-order valence-electron chi connectivity index (χ3n) is 4.98. The molecule has 0 radical (unpaired) electrons. The monoisotopic (exact) mass is 400 g/mol. The highest BCUT2D eigenvalue weighted by molar-refractivity contribution is 5.69. The fraction of sp³-hybridized carbons (Fsp3) is 0.958. The van der Waals surface area contributed by atoms with Crippen LogP contribution < -0.4 is 0 Å². The maximum atomic E-state index is 11.7. The molecule has 0 aromatic heterocycles. The third-order valence-corrected chi connectivity index (χ3v) is 4.98. The Kier molecular flexibility index (Phi) is 22.2. The smallest absolute Gasteiger partial charge is 0.306 e. The van der Waals surface area contributed by atoms with Gasteiger partial charge in [-0.15, -0.1) is 0 Å². The van der Waals surface area contributed by atoms with Gasteiger partial charge in [0.2, 0.25) is 0 Å². The van der Waals surface area contributed by atoms with Gasteiger partial charge in [0.15, 0.2) is 0 Å². The van der Waals surface area contributed by atoms with E-state index in [0.717, 1.165) is 32.3 Å². The second kappa shape index (κ2) is 22.7. The summed E-state index contributed by atoms with van der Waals surface area (Å²) in [6.07, 6.45) is 17.7. The van der Waals surface area contributed by atoms with Crippen LogP contribution in [0.1, 0.15) is 117 Å². The molecule has 1 unspecified atom stereocenters. The Balaban J connectivity index is 3.19. The minimum Gasteiger partial charge on any atom is -0.463 e. The molecule has 0 spiro atoms. The molecular weight excluding hydrogens is 352 g/mol. The second-order valence-electron chi connectivity index (χ2n) is 7.95. The predicted molar refractivity (Wildman–Crippen MR) is 118 cm³/mol. The fourth-order valence-corrected chi connectivity index (χ4v) is 3.18. The van der Waals surface area contributed by atoms with E-state index >= 15 is 0 Å². The van der Waals surface area contributed by atoms with E-state index in [1.54, 1.807) is 0 Å². The van der Waals surface area contributed by atoms with Gasteiger partial charge in [-0.3, -0.25) is 4.79 Å². The first-order chi connectivity index (χ1) is 13.7. The summed E-state index contributed by atoms with van der Waals surface area (Å²) in [4.78, 5) is 11.7. The average molecular weight is 401 g/mol. The highest BCUT2D eigenvalue weighted by atomic mass is 16.5. The molecule has 0 saturated carbocycles. The van der Waals surface area contributed by atoms with Gasteiger partial charge >= 0.3 is 5.97 Å². The fourth-order valence-electron chi connectivity index (χ4n) is 3.18. The van der Waals surface area contributed by atoms with Crippen molar-refractivity contribution < 1.29 is 19.0 Å². The van der Waals surface area contributed by atoms with Gasteiger partial charge in [-0.2, -0.15) is 0 Å². The van der Waals surface area contributed by atoms with Crippen LogP contribution in [0.4, 0.5) is 0 Å². The molecule has 0 aliphatic rings. The molecule has 1 atom stereocenters. The topological polar surface area (TPSA) is 44.8 Å². The molecule has 4 heteroatoms. The van der Waals surface area contributed by atoms with Gasteiger partial charge in [0.1, 0.15) is 0 Å². The number of carbonyl (C=O) groups excluding carboxylic acids is 1. The summed E-state index contributed by atoms with van der Waals surface area (Å²) in [7, 11) is 0. The van der Waals surface area contributed by atoms with E-state index in [2.05, 4.69) is 13.8 Å². The van der Waals surface area contributed by atoms with Crippen molar-refractivity contribution in [3.05, 3.63) is 0 Å². The van der Waals surface area contributed by atoms with Crippen molar-refractivity contribution in [3.8, 4) is 0 Å². The molecule has 4 nitrogen and oxygen atoms in total. The van der Waals surface area contributed by atoms with Crippen LogP contribution in [0.15, 0.2) is 0 Å². The zero-order chi connectivity index (χ0) is 20.7. The van der Waals surface area contributed by atoms with E-state index in [1.807, 2.05) is 6.92 Å². The number of unbranched alkanes of at least 4 members (excludes halogenated alkanes) is 10. The molecule has 0 aromatic carbocycles. The number of esters is 1. The summed E-state index contributed by atoms with van der Waals surface area (Å²) >= 11 is 0. The first kappa shape index (κ1) is 27.4. The Morgan fingerprint density at radius 2 is 1.14 bits per heavy atom. The molecule has 0 N–H and O–H groups in total. The lowest BCUT2D eigenvalue weighted by molar-refractivity contribution is -0.148. The molecule has 0 aromatic rings. The number of carbonyl (C=O) groups is 1. The standard InChI is InChI=1S/C24H48O4/c1-4-6-8-9-10-11-12-13-15-19-26-21-22-27-20-16-18-24(25)28-23(3)17-14-7-5-2/h23H,4-22H2,1-3H3. The molecule has 0 aliphatic heterocycles. The van der Waals surface area contributed by atoms with Crippen LogP contribution in [0.3, 0.4) is 0 Å². The lowest BCUT2D eigenvalue weighted by atomic mass is 10.1. The average Bonchev–Trinajstić information content (AvgIpc) is 2.67. The van der Waals surface area contributed by atoms with Gasteiger partial charge in [0, 0.05) is 19.6 Å². The number of rotatable bonds is 22. The first-order valence-corrected chi connectivity index (χ1v) is 12.1. The molecule has 0 rings (SSSR count). The van der Waals surface area contributed by atoms with E-state index in [1.165, 1.54) is 64.2 Å². The van der Waals surface area contributed by atoms with Gasteiger partial charge in [-0.1, -0.05) is 78.1 Å². The van der Waals surface area contributed by atoms with E-state index in [9.17, 15) is 4.79 Å². The molecule has 0 aliphatic carbocycles. The minimum absolute atomic E-state index is 0.0365. The largest absolute Gasteiger partial charge is 0.463 e. The quantitative estimate of drug-likeness (QED) is 0.147. The Hall–Kier alpha value is -0.610. The number of hydrogen-bond acceptors (Lipinski definition) is 4. The summed E-state index contributed by atoms with van der Waals surface area (Å²) < 4.78 is 16.5. The summed E-state index contributed by atoms with van der Waals surface area (Å²) in [5, 5.41) is 0. The van der Waals surface area contributed by atoms with Crippen molar-refractivity contribution in [2.24, 2.45) is 0 Å². The molecular formula is C24H48O4. The number of hydrogen-bond donors (Lipinski definition) is 0. The van der Waals surface area contributed by atoms with Crippen molar-refractivity contribution in [1.29, 1.82) is 0 Å². The molecule has 0 bridgehead atoms. The van der Waals surface area contributed by atoms with Gasteiger partial charge in [0.05, 0.1) is 19.3 Å². The van der Waals surface area contributed by atoms with Crippen LogP contribution in [0.25, 0.3) is 0 Å². The Morgan fingerprint density at radius 3 is 1.75 bits per heavy atom. The van der Waals surface area contributed by atoms with Crippen molar-refractivity contribution in [2.75, 3.05) is 26.4 Å². The van der Waals surface area contributed by atoms with Crippen LogP contribution in [-0.4, -0.2) is 38.5 Å².